The summed E-state index contributed by atoms with van der Waals surface area (Å²) in [5.41, 5.74) is 0.714. The first-order valence-corrected chi connectivity index (χ1v) is 10.0. The summed E-state index contributed by atoms with van der Waals surface area (Å²) < 4.78 is 25.6. The van der Waals surface area contributed by atoms with Gasteiger partial charge in [-0.25, -0.2) is 8.42 Å². The van der Waals surface area contributed by atoms with Crippen LogP contribution in [-0.4, -0.2) is 38.4 Å². The molecule has 0 unspecified atom stereocenters. The average molecular weight is 345 g/mol. The quantitative estimate of drug-likeness (QED) is 0.915. The van der Waals surface area contributed by atoms with Crippen LogP contribution in [0.1, 0.15) is 27.7 Å². The van der Waals surface area contributed by atoms with E-state index in [2.05, 4.69) is 5.32 Å². The summed E-state index contributed by atoms with van der Waals surface area (Å²) in [6.07, 6.45) is 1.21. The largest absolute Gasteiger partial charge is 0.355 e. The molecule has 1 N–H and O–H groups in total. The van der Waals surface area contributed by atoms with Gasteiger partial charge in [-0.15, -0.1) is 11.8 Å². The number of sulfonamides is 1. The van der Waals surface area contributed by atoms with Crippen molar-refractivity contribution < 1.29 is 13.2 Å². The first-order chi connectivity index (χ1) is 10.3. The number of para-hydroxylation sites is 1. The van der Waals surface area contributed by atoms with Gasteiger partial charge in [-0.1, -0.05) is 26.0 Å². The Morgan fingerprint density at radius 2 is 1.91 bits per heavy atom. The molecule has 0 aliphatic carbocycles. The number of hydrogen-bond acceptors (Lipinski definition) is 4. The molecule has 0 spiro atoms. The molecule has 1 aliphatic heterocycles. The van der Waals surface area contributed by atoms with Crippen molar-refractivity contribution >= 4 is 33.4 Å². The highest BCUT2D eigenvalue weighted by Gasteiger charge is 2.36. The average Bonchev–Trinajstić information content (AvgIpc) is 2.45. The predicted molar refractivity (Wildman–Crippen MR) is 92.9 cm³/mol. The fourth-order valence-electron chi connectivity index (χ4n) is 2.31. The number of carbonyl (C=O) groups excluding carboxylic acids is 1. The van der Waals surface area contributed by atoms with Gasteiger partial charge >= 0.3 is 0 Å². The molecular formula is C15H24N2O3S2. The summed E-state index contributed by atoms with van der Waals surface area (Å²) in [4.78, 5) is 12.0. The highest BCUT2D eigenvalue weighted by Crippen LogP contribution is 2.42. The van der Waals surface area contributed by atoms with E-state index in [9.17, 15) is 13.2 Å². The third-order valence-electron chi connectivity index (χ3n) is 3.20. The highest BCUT2D eigenvalue weighted by atomic mass is 32.2. The van der Waals surface area contributed by atoms with Crippen LogP contribution in [0.15, 0.2) is 29.2 Å². The van der Waals surface area contributed by atoms with Crippen LogP contribution in [0, 0.1) is 0 Å². The minimum absolute atomic E-state index is 0.0106. The van der Waals surface area contributed by atoms with Crippen molar-refractivity contribution in [1.82, 2.24) is 5.32 Å². The Morgan fingerprint density at radius 1 is 1.32 bits per heavy atom. The number of nitrogens with one attached hydrogen (secondary N) is 1. The second kappa shape index (κ2) is 7.87. The number of anilines is 1. The molecule has 0 saturated carbocycles. The molecule has 1 aromatic carbocycles. The van der Waals surface area contributed by atoms with Crippen LogP contribution < -0.4 is 9.62 Å². The zero-order chi connectivity index (χ0) is 16.9. The predicted octanol–water partition coefficient (Wildman–Crippen LogP) is 2.48. The molecule has 1 aliphatic rings. The summed E-state index contributed by atoms with van der Waals surface area (Å²) in [5.74, 6) is -0.109. The van der Waals surface area contributed by atoms with Crippen molar-refractivity contribution in [2.24, 2.45) is 0 Å². The van der Waals surface area contributed by atoms with E-state index in [1.807, 2.05) is 45.0 Å². The van der Waals surface area contributed by atoms with Crippen molar-refractivity contribution in [3.05, 3.63) is 24.3 Å². The maximum Gasteiger partial charge on any atom is 0.232 e. The fraction of sp³-hybridized carbons (Fsp3) is 0.533. The lowest BCUT2D eigenvalue weighted by molar-refractivity contribution is -0.118. The summed E-state index contributed by atoms with van der Waals surface area (Å²) in [6.45, 7) is 7.78. The Morgan fingerprint density at radius 3 is 2.45 bits per heavy atom. The fourth-order valence-corrected chi connectivity index (χ4v) is 4.97. The van der Waals surface area contributed by atoms with E-state index >= 15 is 0 Å². The molecule has 2 atom stereocenters. The molecule has 1 amide bonds. The summed E-state index contributed by atoms with van der Waals surface area (Å²) >= 11 is 1.61. The maximum atomic E-state index is 12.1. The molecule has 7 heteroatoms. The lowest BCUT2D eigenvalue weighted by Crippen LogP contribution is -2.49. The van der Waals surface area contributed by atoms with Gasteiger partial charge in [0.15, 0.2) is 0 Å². The molecule has 1 heterocycles. The maximum absolute atomic E-state index is 12.1. The third kappa shape index (κ3) is 4.39. The number of hydrogen-bond donors (Lipinski definition) is 1. The zero-order valence-electron chi connectivity index (χ0n) is 13.7. The van der Waals surface area contributed by atoms with Crippen LogP contribution >= 0.6 is 11.8 Å². The zero-order valence-corrected chi connectivity index (χ0v) is 15.3. The molecule has 0 fully saturated rings. The molecule has 0 bridgehead atoms. The van der Waals surface area contributed by atoms with Gasteiger partial charge in [-0.2, -0.15) is 0 Å². The molecule has 0 saturated heterocycles. The Bertz CT molecular complexity index is 617. The van der Waals surface area contributed by atoms with Gasteiger partial charge < -0.3 is 5.32 Å². The van der Waals surface area contributed by atoms with E-state index in [-0.39, 0.29) is 17.2 Å². The Kier molecular flexibility index (Phi) is 6.74. The lowest BCUT2D eigenvalue weighted by atomic mass is 10.2. The van der Waals surface area contributed by atoms with Crippen LogP contribution in [0.5, 0.6) is 0 Å². The molecule has 0 aromatic heterocycles. The minimum Gasteiger partial charge on any atom is -0.355 e. The van der Waals surface area contributed by atoms with Crippen LogP contribution in [0.4, 0.5) is 5.69 Å². The summed E-state index contributed by atoms with van der Waals surface area (Å²) in [5, 5.41) is 2.76. The number of benzene rings is 1. The van der Waals surface area contributed by atoms with Crippen LogP contribution in [0.3, 0.4) is 0 Å². The summed E-state index contributed by atoms with van der Waals surface area (Å²) in [6, 6.07) is 7.23. The summed E-state index contributed by atoms with van der Waals surface area (Å²) in [7, 11) is -3.35. The first kappa shape index (κ1) is 18.8. The molecule has 2 rings (SSSR count). The molecule has 1 aromatic rings. The molecule has 124 valence electrons. The first-order valence-electron chi connectivity index (χ1n) is 7.30. The number of rotatable bonds is 3. The van der Waals surface area contributed by atoms with E-state index < -0.39 is 10.0 Å². The SMILES string of the molecule is CC.CC(=O)NC[C@@H]1Sc2ccccc2N(S(C)(=O)=O)[C@@H]1C. The van der Waals surface area contributed by atoms with Gasteiger partial charge in [0.25, 0.3) is 0 Å². The van der Waals surface area contributed by atoms with Crippen molar-refractivity contribution in [1.29, 1.82) is 0 Å². The molecule has 5 nitrogen and oxygen atoms in total. The third-order valence-corrected chi connectivity index (χ3v) is 5.90. The van der Waals surface area contributed by atoms with Gasteiger partial charge in [0.05, 0.1) is 18.0 Å². The van der Waals surface area contributed by atoms with E-state index in [0.717, 1.165) is 4.90 Å². The normalized spacial score (nSPS) is 20.5. The Labute approximate surface area is 137 Å². The highest BCUT2D eigenvalue weighted by molar-refractivity contribution is 8.00. The van der Waals surface area contributed by atoms with E-state index in [4.69, 9.17) is 0 Å². The number of thioether (sulfide) groups is 1. The molecule has 0 radical (unpaired) electrons. The molecular weight excluding hydrogens is 320 g/mol. The second-order valence-electron chi connectivity index (χ2n) is 4.86. The van der Waals surface area contributed by atoms with Crippen molar-refractivity contribution in [3.63, 3.8) is 0 Å². The minimum atomic E-state index is -3.35. The van der Waals surface area contributed by atoms with Crippen molar-refractivity contribution in [2.45, 2.75) is 43.9 Å². The van der Waals surface area contributed by atoms with Gasteiger partial charge in [0, 0.05) is 23.6 Å². The second-order valence-corrected chi connectivity index (χ2v) is 8.00. The van der Waals surface area contributed by atoms with Gasteiger partial charge in [0.2, 0.25) is 15.9 Å². The number of amides is 1. The number of fused-ring (bicyclic) bond motifs is 1. The number of nitrogens with zero attached hydrogens (tertiary/aromatic N) is 1. The topological polar surface area (TPSA) is 66.5 Å². The van der Waals surface area contributed by atoms with Crippen LogP contribution in [0.2, 0.25) is 0 Å². The Balaban J connectivity index is 0.00000116. The smallest absolute Gasteiger partial charge is 0.232 e. The van der Waals surface area contributed by atoms with Crippen molar-refractivity contribution in [3.8, 4) is 0 Å². The monoisotopic (exact) mass is 344 g/mol. The molecule has 22 heavy (non-hydrogen) atoms. The van der Waals surface area contributed by atoms with E-state index in [1.54, 1.807) is 11.8 Å². The van der Waals surface area contributed by atoms with Gasteiger partial charge in [0.1, 0.15) is 0 Å². The van der Waals surface area contributed by atoms with Crippen LogP contribution in [0.25, 0.3) is 0 Å². The van der Waals surface area contributed by atoms with Gasteiger partial charge in [-0.05, 0) is 19.1 Å². The van der Waals surface area contributed by atoms with E-state index in [1.165, 1.54) is 17.5 Å². The number of carbonyl (C=O) groups is 1. The lowest BCUT2D eigenvalue weighted by Gasteiger charge is -2.39. The Hall–Kier alpha value is -1.21. The standard InChI is InChI=1S/C13H18N2O3S2.C2H6/c1-9-13(8-14-10(2)16)19-12-7-5-4-6-11(12)15(9)20(3,17)18;1-2/h4-7,9,13H,8H2,1-3H3,(H,14,16);1-2H3/t9-,13+;/m1./s1. The van der Waals surface area contributed by atoms with Crippen LogP contribution in [-0.2, 0) is 14.8 Å². The van der Waals surface area contributed by atoms with E-state index in [0.29, 0.717) is 12.2 Å². The van der Waals surface area contributed by atoms with Gasteiger partial charge in [-0.3, -0.25) is 9.10 Å². The van der Waals surface area contributed by atoms with Crippen molar-refractivity contribution in [2.75, 3.05) is 17.1 Å².